The summed E-state index contributed by atoms with van der Waals surface area (Å²) in [7, 11) is 0. The van der Waals surface area contributed by atoms with Crippen LogP contribution in [0.25, 0.3) is 11.0 Å². The highest BCUT2D eigenvalue weighted by Crippen LogP contribution is 2.21. The van der Waals surface area contributed by atoms with Crippen LogP contribution in [0.4, 0.5) is 5.69 Å². The molecular formula is C18H18N4O2. The highest BCUT2D eigenvalue weighted by molar-refractivity contribution is 5.92. The third kappa shape index (κ3) is 3.03. The quantitative estimate of drug-likeness (QED) is 0.799. The Morgan fingerprint density at radius 2 is 2.04 bits per heavy atom. The molecule has 2 heterocycles. The highest BCUT2D eigenvalue weighted by Gasteiger charge is 2.11. The first kappa shape index (κ1) is 15.9. The molecule has 1 N–H and O–H groups in total. The lowest BCUT2D eigenvalue weighted by atomic mass is 10.1. The van der Waals surface area contributed by atoms with Crippen molar-refractivity contribution < 1.29 is 4.79 Å². The van der Waals surface area contributed by atoms with Gasteiger partial charge in [-0.25, -0.2) is 9.97 Å². The minimum atomic E-state index is -0.274. The van der Waals surface area contributed by atoms with E-state index in [1.54, 1.807) is 18.3 Å². The number of hydrogen-bond acceptors (Lipinski definition) is 4. The van der Waals surface area contributed by atoms with Crippen LogP contribution < -0.4 is 10.9 Å². The Hall–Kier alpha value is -3.02. The molecule has 0 saturated carbocycles. The lowest BCUT2D eigenvalue weighted by Gasteiger charge is -2.13. The maximum absolute atomic E-state index is 12.4. The van der Waals surface area contributed by atoms with Gasteiger partial charge in [-0.05, 0) is 36.6 Å². The number of aromatic nitrogens is 3. The fourth-order valence-corrected chi connectivity index (χ4v) is 2.65. The summed E-state index contributed by atoms with van der Waals surface area (Å²) in [4.78, 5) is 33.0. The molecule has 2 aromatic heterocycles. The number of fused-ring (bicyclic) bond motifs is 1. The predicted molar refractivity (Wildman–Crippen MR) is 93.0 cm³/mol. The summed E-state index contributed by atoms with van der Waals surface area (Å²) in [5.41, 5.74) is 2.98. The number of rotatable bonds is 4. The van der Waals surface area contributed by atoms with E-state index in [2.05, 4.69) is 15.3 Å². The zero-order valence-corrected chi connectivity index (χ0v) is 13.6. The van der Waals surface area contributed by atoms with Gasteiger partial charge >= 0.3 is 0 Å². The Bertz CT molecular complexity index is 963. The molecule has 1 amide bonds. The molecule has 0 fully saturated rings. The van der Waals surface area contributed by atoms with Crippen LogP contribution in [-0.4, -0.2) is 20.4 Å². The number of carbonyl (C=O) groups is 1. The molecule has 0 aliphatic heterocycles. The van der Waals surface area contributed by atoms with Crippen molar-refractivity contribution in [2.75, 3.05) is 5.32 Å². The lowest BCUT2D eigenvalue weighted by Crippen LogP contribution is -2.28. The summed E-state index contributed by atoms with van der Waals surface area (Å²) in [6.45, 7) is 3.90. The van der Waals surface area contributed by atoms with Crippen LogP contribution in [0.2, 0.25) is 0 Å². The summed E-state index contributed by atoms with van der Waals surface area (Å²) >= 11 is 0. The second-order valence-electron chi connectivity index (χ2n) is 5.56. The van der Waals surface area contributed by atoms with Crippen molar-refractivity contribution in [3.8, 4) is 0 Å². The average molecular weight is 322 g/mol. The average Bonchev–Trinajstić information content (AvgIpc) is 2.59. The van der Waals surface area contributed by atoms with Crippen molar-refractivity contribution in [2.24, 2.45) is 0 Å². The van der Waals surface area contributed by atoms with Gasteiger partial charge in [0.15, 0.2) is 5.65 Å². The van der Waals surface area contributed by atoms with Gasteiger partial charge in [-0.1, -0.05) is 25.1 Å². The van der Waals surface area contributed by atoms with Crippen molar-refractivity contribution in [2.45, 2.75) is 26.8 Å². The third-order valence-corrected chi connectivity index (χ3v) is 3.92. The van der Waals surface area contributed by atoms with E-state index in [4.69, 9.17) is 0 Å². The van der Waals surface area contributed by atoms with Crippen LogP contribution >= 0.6 is 0 Å². The minimum absolute atomic E-state index is 0.0891. The summed E-state index contributed by atoms with van der Waals surface area (Å²) < 4.78 is 1.29. The monoisotopic (exact) mass is 322 g/mol. The molecule has 24 heavy (non-hydrogen) atoms. The topological polar surface area (TPSA) is 76.9 Å². The van der Waals surface area contributed by atoms with Crippen LogP contribution in [0.5, 0.6) is 0 Å². The van der Waals surface area contributed by atoms with Gasteiger partial charge in [0.05, 0.1) is 5.39 Å². The SMILES string of the molecule is CCc1cccc(C)c1NC(=O)Cn1cnc2ncccc2c1=O. The highest BCUT2D eigenvalue weighted by atomic mass is 16.2. The second kappa shape index (κ2) is 6.62. The second-order valence-corrected chi connectivity index (χ2v) is 5.56. The minimum Gasteiger partial charge on any atom is -0.324 e. The number of nitrogens with zero attached hydrogens (tertiary/aromatic N) is 3. The Morgan fingerprint density at radius 1 is 1.21 bits per heavy atom. The molecule has 0 radical (unpaired) electrons. The molecule has 6 heteroatoms. The first-order valence-electron chi connectivity index (χ1n) is 7.78. The maximum Gasteiger partial charge on any atom is 0.263 e. The molecule has 0 atom stereocenters. The molecule has 0 bridgehead atoms. The number of hydrogen-bond donors (Lipinski definition) is 1. The number of aryl methyl sites for hydroxylation is 2. The lowest BCUT2D eigenvalue weighted by molar-refractivity contribution is -0.116. The van der Waals surface area contributed by atoms with E-state index in [1.165, 1.54) is 10.9 Å². The molecular weight excluding hydrogens is 304 g/mol. The fraction of sp³-hybridized carbons (Fsp3) is 0.222. The Kier molecular flexibility index (Phi) is 4.37. The van der Waals surface area contributed by atoms with Gasteiger partial charge in [-0.2, -0.15) is 0 Å². The van der Waals surface area contributed by atoms with Crippen LogP contribution in [0.1, 0.15) is 18.1 Å². The number of anilines is 1. The molecule has 3 aromatic rings. The van der Waals surface area contributed by atoms with Crippen LogP contribution in [-0.2, 0) is 17.8 Å². The van der Waals surface area contributed by atoms with Gasteiger partial charge < -0.3 is 5.32 Å². The van der Waals surface area contributed by atoms with E-state index in [0.717, 1.165) is 23.2 Å². The number of para-hydroxylation sites is 1. The summed E-state index contributed by atoms with van der Waals surface area (Å²) in [5.74, 6) is -0.258. The fourth-order valence-electron chi connectivity index (χ4n) is 2.65. The molecule has 0 saturated heterocycles. The smallest absolute Gasteiger partial charge is 0.263 e. The van der Waals surface area contributed by atoms with Crippen molar-refractivity contribution in [3.05, 3.63) is 64.3 Å². The summed E-state index contributed by atoms with van der Waals surface area (Å²) in [5, 5.41) is 3.31. The van der Waals surface area contributed by atoms with Crippen molar-refractivity contribution in [1.82, 2.24) is 14.5 Å². The summed E-state index contributed by atoms with van der Waals surface area (Å²) in [6.07, 6.45) is 3.76. The number of carbonyl (C=O) groups excluding carboxylic acids is 1. The first-order valence-corrected chi connectivity index (χ1v) is 7.78. The number of amides is 1. The summed E-state index contributed by atoms with van der Waals surface area (Å²) in [6, 6.07) is 9.23. The zero-order chi connectivity index (χ0) is 17.1. The standard InChI is InChI=1S/C18H18N4O2/c1-3-13-7-4-6-12(2)16(13)21-15(23)10-22-11-20-17-14(18(22)24)8-5-9-19-17/h4-9,11H,3,10H2,1-2H3,(H,21,23). The van der Waals surface area contributed by atoms with Gasteiger partial charge in [0.25, 0.3) is 5.56 Å². The maximum atomic E-state index is 12.4. The molecule has 3 rings (SSSR count). The Balaban J connectivity index is 1.86. The van der Waals surface area contributed by atoms with Crippen molar-refractivity contribution in [1.29, 1.82) is 0 Å². The van der Waals surface area contributed by atoms with Crippen molar-refractivity contribution >= 4 is 22.6 Å². The first-order chi connectivity index (χ1) is 11.6. The van der Waals surface area contributed by atoms with E-state index < -0.39 is 0 Å². The molecule has 0 unspecified atom stereocenters. The molecule has 122 valence electrons. The largest absolute Gasteiger partial charge is 0.324 e. The molecule has 0 aliphatic rings. The normalized spacial score (nSPS) is 10.8. The third-order valence-electron chi connectivity index (χ3n) is 3.92. The van der Waals surface area contributed by atoms with E-state index >= 15 is 0 Å². The molecule has 1 aromatic carbocycles. The number of benzene rings is 1. The van der Waals surface area contributed by atoms with Crippen LogP contribution in [0.15, 0.2) is 47.7 Å². The Morgan fingerprint density at radius 3 is 2.83 bits per heavy atom. The molecule has 0 aliphatic carbocycles. The van der Waals surface area contributed by atoms with E-state index in [1.807, 2.05) is 32.0 Å². The van der Waals surface area contributed by atoms with Gasteiger partial charge in [0.1, 0.15) is 12.9 Å². The van der Waals surface area contributed by atoms with Gasteiger partial charge in [-0.15, -0.1) is 0 Å². The Labute approximate surface area is 139 Å². The van der Waals surface area contributed by atoms with E-state index in [9.17, 15) is 9.59 Å². The number of nitrogens with one attached hydrogen (secondary N) is 1. The van der Waals surface area contributed by atoms with Gasteiger partial charge in [0.2, 0.25) is 5.91 Å². The van der Waals surface area contributed by atoms with Crippen molar-refractivity contribution in [3.63, 3.8) is 0 Å². The van der Waals surface area contributed by atoms with E-state index in [0.29, 0.717) is 11.0 Å². The van der Waals surface area contributed by atoms with E-state index in [-0.39, 0.29) is 18.0 Å². The van der Waals surface area contributed by atoms with Crippen LogP contribution in [0, 0.1) is 6.92 Å². The van der Waals surface area contributed by atoms with Crippen LogP contribution in [0.3, 0.4) is 0 Å². The molecule has 0 spiro atoms. The van der Waals surface area contributed by atoms with Gasteiger partial charge in [-0.3, -0.25) is 14.2 Å². The predicted octanol–water partition coefficient (Wildman–Crippen LogP) is 2.30. The van der Waals surface area contributed by atoms with Gasteiger partial charge in [0, 0.05) is 11.9 Å². The zero-order valence-electron chi connectivity index (χ0n) is 13.6. The number of pyridine rings is 1. The molecule has 6 nitrogen and oxygen atoms in total.